The highest BCUT2D eigenvalue weighted by atomic mass is 32.2. The Morgan fingerprint density at radius 2 is 1.53 bits per heavy atom. The number of carbonyl (C=O) groups excluding carboxylic acids is 2. The number of aryl methyl sites for hydroxylation is 2. The summed E-state index contributed by atoms with van der Waals surface area (Å²) < 4.78 is 37.6. The number of rotatable bonds is 7. The van der Waals surface area contributed by atoms with Crippen LogP contribution in [0.1, 0.15) is 18.1 Å². The van der Waals surface area contributed by atoms with Crippen molar-refractivity contribution in [3.8, 4) is 5.75 Å². The van der Waals surface area contributed by atoms with Crippen LogP contribution in [0.25, 0.3) is 0 Å². The Hall–Kier alpha value is -2.91. The second-order valence-electron chi connectivity index (χ2n) is 7.68. The number of hydrogen-bond acceptors (Lipinski definition) is 6. The lowest BCUT2D eigenvalue weighted by Gasteiger charge is -2.35. The first kappa shape index (κ1) is 23.7. The monoisotopic (exact) mass is 460 g/mol. The van der Waals surface area contributed by atoms with Gasteiger partial charge in [-0.15, -0.1) is 0 Å². The predicted molar refractivity (Wildman–Crippen MR) is 119 cm³/mol. The zero-order valence-corrected chi connectivity index (χ0v) is 19.3. The first-order chi connectivity index (χ1) is 15.2. The molecule has 0 spiro atoms. The van der Waals surface area contributed by atoms with Crippen LogP contribution in [-0.2, 0) is 24.3 Å². The molecule has 32 heavy (non-hydrogen) atoms. The van der Waals surface area contributed by atoms with E-state index in [1.165, 1.54) is 16.1 Å². The minimum atomic E-state index is -3.60. The molecule has 1 amide bonds. The fraction of sp³-hybridized carbons (Fsp3) is 0.391. The van der Waals surface area contributed by atoms with E-state index >= 15 is 0 Å². The van der Waals surface area contributed by atoms with Crippen LogP contribution < -0.4 is 4.74 Å². The van der Waals surface area contributed by atoms with Crippen LogP contribution in [0, 0.1) is 13.8 Å². The third kappa shape index (κ3) is 5.46. The van der Waals surface area contributed by atoms with Gasteiger partial charge in [0.15, 0.2) is 12.7 Å². The molecule has 0 bridgehead atoms. The summed E-state index contributed by atoms with van der Waals surface area (Å²) in [6, 6.07) is 13.9. The van der Waals surface area contributed by atoms with Crippen molar-refractivity contribution in [2.75, 3.05) is 32.8 Å². The molecule has 1 aliphatic heterocycles. The van der Waals surface area contributed by atoms with E-state index in [2.05, 4.69) is 0 Å². The van der Waals surface area contributed by atoms with E-state index in [0.29, 0.717) is 5.75 Å². The van der Waals surface area contributed by atoms with E-state index < -0.39 is 22.1 Å². The Balaban J connectivity index is 1.50. The van der Waals surface area contributed by atoms with Crippen LogP contribution in [0.4, 0.5) is 0 Å². The maximum atomic E-state index is 12.7. The second kappa shape index (κ2) is 10.1. The first-order valence-electron chi connectivity index (χ1n) is 10.4. The number of carbonyl (C=O) groups is 2. The molecule has 0 radical (unpaired) electrons. The van der Waals surface area contributed by atoms with Crippen LogP contribution in [-0.4, -0.2) is 68.4 Å². The van der Waals surface area contributed by atoms with Gasteiger partial charge >= 0.3 is 5.97 Å². The number of esters is 1. The van der Waals surface area contributed by atoms with Crippen molar-refractivity contribution in [1.29, 1.82) is 0 Å². The number of para-hydroxylation sites is 1. The second-order valence-corrected chi connectivity index (χ2v) is 9.62. The van der Waals surface area contributed by atoms with Gasteiger partial charge in [-0.3, -0.25) is 4.79 Å². The van der Waals surface area contributed by atoms with Gasteiger partial charge in [-0.2, -0.15) is 4.31 Å². The summed E-state index contributed by atoms with van der Waals surface area (Å²) in [5, 5.41) is 0. The maximum absolute atomic E-state index is 12.7. The third-order valence-electron chi connectivity index (χ3n) is 5.33. The molecular formula is C23H28N2O6S. The molecule has 9 heteroatoms. The lowest BCUT2D eigenvalue weighted by atomic mass is 10.1. The van der Waals surface area contributed by atoms with Gasteiger partial charge in [0, 0.05) is 26.2 Å². The molecular weight excluding hydrogens is 432 g/mol. The first-order valence-corrected chi connectivity index (χ1v) is 11.9. The lowest BCUT2D eigenvalue weighted by Crippen LogP contribution is -2.53. The summed E-state index contributed by atoms with van der Waals surface area (Å²) in [6.45, 7) is 5.80. The predicted octanol–water partition coefficient (Wildman–Crippen LogP) is 2.15. The van der Waals surface area contributed by atoms with Crippen molar-refractivity contribution in [2.45, 2.75) is 31.8 Å². The Bertz CT molecular complexity index is 1040. The van der Waals surface area contributed by atoms with Crippen molar-refractivity contribution < 1.29 is 27.5 Å². The molecule has 2 aromatic rings. The number of nitrogens with zero attached hydrogens (tertiary/aromatic N) is 2. The molecule has 3 rings (SSSR count). The molecule has 0 saturated carbocycles. The van der Waals surface area contributed by atoms with Gasteiger partial charge < -0.3 is 14.4 Å². The summed E-state index contributed by atoms with van der Waals surface area (Å²) in [5.41, 5.74) is 1.82. The largest absolute Gasteiger partial charge is 0.481 e. The topological polar surface area (TPSA) is 93.2 Å². The normalized spacial score (nSPS) is 15.8. The molecule has 2 aromatic carbocycles. The molecule has 1 heterocycles. The fourth-order valence-corrected chi connectivity index (χ4v) is 5.03. The van der Waals surface area contributed by atoms with Gasteiger partial charge in [0.2, 0.25) is 10.0 Å². The van der Waals surface area contributed by atoms with Crippen LogP contribution in [0.5, 0.6) is 5.75 Å². The molecule has 1 aliphatic rings. The van der Waals surface area contributed by atoms with Gasteiger partial charge in [-0.25, -0.2) is 13.2 Å². The van der Waals surface area contributed by atoms with Gasteiger partial charge in [-0.1, -0.05) is 36.4 Å². The highest BCUT2D eigenvalue weighted by Crippen LogP contribution is 2.22. The fourth-order valence-electron chi connectivity index (χ4n) is 3.59. The average Bonchev–Trinajstić information content (AvgIpc) is 2.79. The van der Waals surface area contributed by atoms with Gasteiger partial charge in [0.1, 0.15) is 5.75 Å². The van der Waals surface area contributed by atoms with E-state index in [1.807, 2.05) is 32.0 Å². The minimum Gasteiger partial charge on any atom is -0.481 e. The van der Waals surface area contributed by atoms with Crippen molar-refractivity contribution in [3.05, 3.63) is 59.7 Å². The van der Waals surface area contributed by atoms with E-state index in [0.717, 1.165) is 11.1 Å². The number of piperazine rings is 1. The number of sulfonamides is 1. The standard InChI is InChI=1S/C23H28N2O6S/c1-17-8-7-9-18(2)22(17)30-16-21(26)31-19(3)23(27)24-12-14-25(15-13-24)32(28,29)20-10-5-4-6-11-20/h4-11,19H,12-16H2,1-3H3. The van der Waals surface area contributed by atoms with Crippen LogP contribution >= 0.6 is 0 Å². The van der Waals surface area contributed by atoms with Crippen LogP contribution in [0.2, 0.25) is 0 Å². The summed E-state index contributed by atoms with van der Waals surface area (Å²) in [6.07, 6.45) is -0.985. The number of ether oxygens (including phenoxy) is 2. The van der Waals surface area contributed by atoms with E-state index in [9.17, 15) is 18.0 Å². The molecule has 1 fully saturated rings. The van der Waals surface area contributed by atoms with Crippen LogP contribution in [0.15, 0.2) is 53.4 Å². The zero-order valence-electron chi connectivity index (χ0n) is 18.5. The van der Waals surface area contributed by atoms with Gasteiger partial charge in [-0.05, 0) is 44.0 Å². The van der Waals surface area contributed by atoms with Gasteiger partial charge in [0.25, 0.3) is 5.91 Å². The maximum Gasteiger partial charge on any atom is 0.344 e. The molecule has 172 valence electrons. The molecule has 0 aromatic heterocycles. The Morgan fingerprint density at radius 3 is 2.12 bits per heavy atom. The Morgan fingerprint density at radius 1 is 0.938 bits per heavy atom. The van der Waals surface area contributed by atoms with E-state index in [4.69, 9.17) is 9.47 Å². The summed E-state index contributed by atoms with van der Waals surface area (Å²) >= 11 is 0. The minimum absolute atomic E-state index is 0.180. The van der Waals surface area contributed by atoms with E-state index in [-0.39, 0.29) is 43.6 Å². The van der Waals surface area contributed by atoms with Crippen molar-refractivity contribution in [2.24, 2.45) is 0 Å². The quantitative estimate of drug-likeness (QED) is 0.588. The third-order valence-corrected chi connectivity index (χ3v) is 7.24. The molecule has 1 atom stereocenters. The molecule has 0 N–H and O–H groups in total. The Labute approximate surface area is 188 Å². The lowest BCUT2D eigenvalue weighted by molar-refractivity contribution is -0.161. The van der Waals surface area contributed by atoms with E-state index in [1.54, 1.807) is 30.3 Å². The van der Waals surface area contributed by atoms with Crippen molar-refractivity contribution in [3.63, 3.8) is 0 Å². The highest BCUT2D eigenvalue weighted by molar-refractivity contribution is 7.89. The van der Waals surface area contributed by atoms with Crippen LogP contribution in [0.3, 0.4) is 0 Å². The summed E-state index contributed by atoms with van der Waals surface area (Å²) in [4.78, 5) is 26.6. The summed E-state index contributed by atoms with van der Waals surface area (Å²) in [7, 11) is -3.60. The smallest absolute Gasteiger partial charge is 0.344 e. The van der Waals surface area contributed by atoms with Gasteiger partial charge in [0.05, 0.1) is 4.90 Å². The number of hydrogen-bond donors (Lipinski definition) is 0. The average molecular weight is 461 g/mol. The number of amides is 1. The number of benzene rings is 2. The molecule has 0 aliphatic carbocycles. The zero-order chi connectivity index (χ0) is 23.3. The molecule has 1 unspecified atom stereocenters. The SMILES string of the molecule is Cc1cccc(C)c1OCC(=O)OC(C)C(=O)N1CCN(S(=O)(=O)c2ccccc2)CC1. The Kier molecular flexibility index (Phi) is 7.52. The molecule has 1 saturated heterocycles. The van der Waals surface area contributed by atoms with Crippen molar-refractivity contribution >= 4 is 21.9 Å². The van der Waals surface area contributed by atoms with Crippen molar-refractivity contribution in [1.82, 2.24) is 9.21 Å². The molecule has 8 nitrogen and oxygen atoms in total. The highest BCUT2D eigenvalue weighted by Gasteiger charge is 2.32. The summed E-state index contributed by atoms with van der Waals surface area (Å²) in [5.74, 6) is -0.375.